The number of carbonyl (C=O) groups is 1. The van der Waals surface area contributed by atoms with Crippen LogP contribution in [-0.4, -0.2) is 17.6 Å². The molecule has 0 atom stereocenters. The largest absolute Gasteiger partial charge is 0.369 e. The number of carbonyl (C=O) groups excluding carboxylic acids is 1. The van der Waals surface area contributed by atoms with Crippen LogP contribution in [0.3, 0.4) is 0 Å². The van der Waals surface area contributed by atoms with Gasteiger partial charge in [-0.2, -0.15) is 0 Å². The lowest BCUT2D eigenvalue weighted by Crippen LogP contribution is -2.13. The Bertz CT molecular complexity index is 816. The molecule has 0 aliphatic heterocycles. The van der Waals surface area contributed by atoms with Crippen molar-refractivity contribution in [2.24, 2.45) is 5.73 Å². The minimum absolute atomic E-state index is 0.147. The van der Waals surface area contributed by atoms with Gasteiger partial charge in [0.05, 0.1) is 16.6 Å². The number of halogens is 1. The maximum absolute atomic E-state index is 13.3. The molecule has 0 fully saturated rings. The van der Waals surface area contributed by atoms with E-state index in [1.807, 2.05) is 24.3 Å². The summed E-state index contributed by atoms with van der Waals surface area (Å²) in [6.45, 7) is 2.50. The molecule has 3 aromatic rings. The predicted octanol–water partition coefficient (Wildman–Crippen LogP) is 3.40. The summed E-state index contributed by atoms with van der Waals surface area (Å²) in [5.41, 5.74) is 7.73. The van der Waals surface area contributed by atoms with E-state index in [-0.39, 0.29) is 12.2 Å². The van der Waals surface area contributed by atoms with E-state index in [1.54, 1.807) is 6.07 Å². The molecule has 0 aliphatic carbocycles. The third kappa shape index (κ3) is 3.53. The first-order chi connectivity index (χ1) is 10.6. The maximum atomic E-state index is 13.3. The molecule has 1 heterocycles. The summed E-state index contributed by atoms with van der Waals surface area (Å²) in [4.78, 5) is 15.3. The lowest BCUT2D eigenvalue weighted by Gasteiger charge is -2.01. The van der Waals surface area contributed by atoms with Gasteiger partial charge in [0.25, 0.3) is 0 Å². The molecule has 1 amide bonds. The quantitative estimate of drug-likeness (QED) is 0.726. The second-order valence-corrected chi connectivity index (χ2v) is 5.56. The molecule has 6 heteroatoms. The summed E-state index contributed by atoms with van der Waals surface area (Å²) in [5, 5.41) is 6.20. The number of thiazole rings is 1. The van der Waals surface area contributed by atoms with E-state index in [0.29, 0.717) is 5.01 Å². The van der Waals surface area contributed by atoms with Gasteiger partial charge in [-0.1, -0.05) is 18.2 Å². The second kappa shape index (κ2) is 6.91. The molecule has 4 nitrogen and oxygen atoms in total. The Morgan fingerprint density at radius 3 is 2.64 bits per heavy atom. The number of nitrogens with one attached hydrogen (secondary N) is 1. The fraction of sp³-hybridized carbons (Fsp3) is 0.0625. The van der Waals surface area contributed by atoms with Gasteiger partial charge in [-0.3, -0.25) is 4.79 Å². The first-order valence-electron chi connectivity index (χ1n) is 6.41. The van der Waals surface area contributed by atoms with Crippen molar-refractivity contribution in [2.75, 3.05) is 0 Å². The van der Waals surface area contributed by atoms with Gasteiger partial charge in [0.15, 0.2) is 0 Å². The topological polar surface area (TPSA) is 79.8 Å². The number of fused-ring (bicyclic) bond motifs is 1. The van der Waals surface area contributed by atoms with E-state index in [9.17, 15) is 9.18 Å². The van der Waals surface area contributed by atoms with Crippen LogP contribution >= 0.6 is 11.3 Å². The van der Waals surface area contributed by atoms with E-state index in [4.69, 9.17) is 11.1 Å². The van der Waals surface area contributed by atoms with Crippen LogP contribution in [0.15, 0.2) is 42.5 Å². The van der Waals surface area contributed by atoms with Crippen LogP contribution in [0.4, 0.5) is 4.39 Å². The van der Waals surface area contributed by atoms with E-state index >= 15 is 0 Å². The zero-order chi connectivity index (χ0) is 16.1. The number of hydrogen-bond donors (Lipinski definition) is 2. The lowest BCUT2D eigenvalue weighted by atomic mass is 10.1. The normalized spacial score (nSPS) is 10.0. The molecule has 2 aromatic carbocycles. The van der Waals surface area contributed by atoms with Gasteiger partial charge < -0.3 is 11.1 Å². The van der Waals surface area contributed by atoms with Gasteiger partial charge in [-0.05, 0) is 42.1 Å². The third-order valence-electron chi connectivity index (χ3n) is 2.92. The molecule has 0 bridgehead atoms. The minimum atomic E-state index is -0.394. The molecule has 1 aromatic heterocycles. The first kappa shape index (κ1) is 15.8. The van der Waals surface area contributed by atoms with Gasteiger partial charge in [0, 0.05) is 0 Å². The van der Waals surface area contributed by atoms with Crippen molar-refractivity contribution in [1.82, 2.24) is 4.98 Å². The Hall–Kier alpha value is -2.60. The van der Waals surface area contributed by atoms with Crippen LogP contribution in [-0.2, 0) is 11.2 Å². The number of nitrogens with zero attached hydrogens (tertiary/aromatic N) is 1. The van der Waals surface area contributed by atoms with Crippen molar-refractivity contribution < 1.29 is 9.18 Å². The highest BCUT2D eigenvalue weighted by Crippen LogP contribution is 2.28. The van der Waals surface area contributed by atoms with Gasteiger partial charge in [0.2, 0.25) is 5.91 Å². The zero-order valence-electron chi connectivity index (χ0n) is 11.7. The van der Waals surface area contributed by atoms with Crippen molar-refractivity contribution >= 4 is 34.2 Å². The van der Waals surface area contributed by atoms with Gasteiger partial charge in [0.1, 0.15) is 10.8 Å². The summed E-state index contributed by atoms with van der Waals surface area (Å²) in [6.07, 6.45) is 0.147. The van der Waals surface area contributed by atoms with Crippen molar-refractivity contribution in [2.45, 2.75) is 6.42 Å². The molecular weight excluding hydrogens is 301 g/mol. The number of amides is 1. The second-order valence-electron chi connectivity index (χ2n) is 4.44. The SMILES string of the molecule is C=N.NC(=O)Cc1nc2ccc(-c3cccc(F)c3)cc2s1. The molecule has 0 saturated carbocycles. The standard InChI is InChI=1S/C15H11FN2OS.CH3N/c16-11-3-1-2-9(6-11)10-4-5-12-13(7-10)20-15(18-12)8-14(17)19;1-2/h1-7H,8H2,(H2,17,19);2H,1H2. The fourth-order valence-electron chi connectivity index (χ4n) is 2.04. The Morgan fingerprint density at radius 1 is 1.23 bits per heavy atom. The molecule has 0 saturated heterocycles. The molecule has 0 spiro atoms. The Labute approximate surface area is 130 Å². The van der Waals surface area contributed by atoms with Crippen molar-refractivity contribution in [1.29, 1.82) is 5.41 Å². The van der Waals surface area contributed by atoms with Crippen LogP contribution in [0.2, 0.25) is 0 Å². The number of nitrogens with two attached hydrogens (primary N) is 1. The van der Waals surface area contributed by atoms with E-state index in [0.717, 1.165) is 21.3 Å². The molecule has 3 rings (SSSR count). The number of benzene rings is 2. The summed E-state index contributed by atoms with van der Waals surface area (Å²) in [5.74, 6) is -0.657. The van der Waals surface area contributed by atoms with Crippen LogP contribution in [0.25, 0.3) is 21.3 Å². The summed E-state index contributed by atoms with van der Waals surface area (Å²) >= 11 is 1.43. The van der Waals surface area contributed by atoms with Gasteiger partial charge in [-0.25, -0.2) is 9.37 Å². The van der Waals surface area contributed by atoms with E-state index in [1.165, 1.54) is 23.5 Å². The van der Waals surface area contributed by atoms with Crippen LogP contribution < -0.4 is 5.73 Å². The highest BCUT2D eigenvalue weighted by molar-refractivity contribution is 7.18. The number of primary amides is 1. The number of aromatic nitrogens is 1. The Balaban J connectivity index is 0.000000847. The van der Waals surface area contributed by atoms with E-state index in [2.05, 4.69) is 11.7 Å². The van der Waals surface area contributed by atoms with E-state index < -0.39 is 5.91 Å². The number of hydrogen-bond acceptors (Lipinski definition) is 4. The van der Waals surface area contributed by atoms with Crippen molar-refractivity contribution in [3.05, 3.63) is 53.3 Å². The molecular formula is C16H14FN3OS. The van der Waals surface area contributed by atoms with Crippen molar-refractivity contribution in [3.8, 4) is 11.1 Å². The average Bonchev–Trinajstić information content (AvgIpc) is 2.89. The molecule has 0 unspecified atom stereocenters. The van der Waals surface area contributed by atoms with Crippen LogP contribution in [0.5, 0.6) is 0 Å². The average molecular weight is 315 g/mol. The molecule has 22 heavy (non-hydrogen) atoms. The minimum Gasteiger partial charge on any atom is -0.369 e. The Morgan fingerprint density at radius 2 is 1.95 bits per heavy atom. The predicted molar refractivity (Wildman–Crippen MR) is 87.8 cm³/mol. The smallest absolute Gasteiger partial charge is 0.224 e. The molecule has 3 N–H and O–H groups in total. The first-order valence-corrected chi connectivity index (χ1v) is 7.22. The lowest BCUT2D eigenvalue weighted by molar-refractivity contribution is -0.117. The zero-order valence-corrected chi connectivity index (χ0v) is 12.5. The Kier molecular flexibility index (Phi) is 4.95. The summed E-state index contributed by atoms with van der Waals surface area (Å²) in [6, 6.07) is 12.2. The van der Waals surface area contributed by atoms with Crippen molar-refractivity contribution in [3.63, 3.8) is 0 Å². The van der Waals surface area contributed by atoms with Gasteiger partial charge in [-0.15, -0.1) is 11.3 Å². The summed E-state index contributed by atoms with van der Waals surface area (Å²) < 4.78 is 14.2. The van der Waals surface area contributed by atoms with Crippen LogP contribution in [0.1, 0.15) is 5.01 Å². The highest BCUT2D eigenvalue weighted by atomic mass is 32.1. The van der Waals surface area contributed by atoms with Crippen LogP contribution in [0, 0.1) is 11.2 Å². The van der Waals surface area contributed by atoms with Gasteiger partial charge >= 0.3 is 0 Å². The molecule has 0 aliphatic rings. The third-order valence-corrected chi connectivity index (χ3v) is 3.93. The molecule has 112 valence electrons. The monoisotopic (exact) mass is 315 g/mol. The maximum Gasteiger partial charge on any atom is 0.224 e. The highest BCUT2D eigenvalue weighted by Gasteiger charge is 2.08. The summed E-state index contributed by atoms with van der Waals surface area (Å²) in [7, 11) is 0. The molecule has 0 radical (unpaired) electrons. The number of rotatable bonds is 3. The fourth-order valence-corrected chi connectivity index (χ4v) is 3.06.